The molecule has 0 saturated carbocycles. The first-order valence-corrected chi connectivity index (χ1v) is 7.14. The fourth-order valence-electron chi connectivity index (χ4n) is 2.28. The third-order valence-electron chi connectivity index (χ3n) is 3.53. The number of hydrogen-bond donors (Lipinski definition) is 3. The van der Waals surface area contributed by atoms with E-state index in [-0.39, 0.29) is 17.4 Å². The molecule has 5 heteroatoms. The van der Waals surface area contributed by atoms with Crippen molar-refractivity contribution < 1.29 is 9.90 Å². The second-order valence-corrected chi connectivity index (χ2v) is 6.53. The van der Waals surface area contributed by atoms with Gasteiger partial charge >= 0.3 is 0 Å². The number of carbonyl (C=O) groups excluding carboxylic acids is 1. The molecule has 1 amide bonds. The Balaban J connectivity index is 1.95. The minimum Gasteiger partial charge on any atom is -0.387 e. The zero-order valence-corrected chi connectivity index (χ0v) is 12.7. The molecular formula is C14H19BrN2O2. The van der Waals surface area contributed by atoms with Crippen LogP contribution in [0.1, 0.15) is 25.5 Å². The van der Waals surface area contributed by atoms with E-state index in [1.165, 1.54) is 0 Å². The Labute approximate surface area is 121 Å². The molecule has 2 rings (SSSR count). The second kappa shape index (κ2) is 5.61. The van der Waals surface area contributed by atoms with E-state index in [1.54, 1.807) is 0 Å². The average Bonchev–Trinajstić information content (AvgIpc) is 2.62. The summed E-state index contributed by atoms with van der Waals surface area (Å²) in [5.74, 6) is 0.00741. The van der Waals surface area contributed by atoms with Crippen LogP contribution in [0.25, 0.3) is 0 Å². The van der Waals surface area contributed by atoms with Crippen LogP contribution < -0.4 is 10.6 Å². The highest BCUT2D eigenvalue weighted by atomic mass is 79.9. The Kier molecular flexibility index (Phi) is 4.28. The highest BCUT2D eigenvalue weighted by molar-refractivity contribution is 9.10. The number of benzene rings is 1. The van der Waals surface area contributed by atoms with E-state index in [2.05, 4.69) is 26.6 Å². The number of amides is 1. The van der Waals surface area contributed by atoms with Crippen LogP contribution in [0.2, 0.25) is 0 Å². The van der Waals surface area contributed by atoms with Crippen LogP contribution in [0.15, 0.2) is 28.7 Å². The van der Waals surface area contributed by atoms with Gasteiger partial charge in [0.1, 0.15) is 0 Å². The van der Waals surface area contributed by atoms with Gasteiger partial charge in [0.2, 0.25) is 5.91 Å². The van der Waals surface area contributed by atoms with E-state index in [0.717, 1.165) is 10.0 Å². The molecule has 1 saturated heterocycles. The minimum atomic E-state index is -0.614. The van der Waals surface area contributed by atoms with Crippen molar-refractivity contribution in [1.29, 1.82) is 0 Å². The molecule has 1 aromatic rings. The molecular weight excluding hydrogens is 308 g/mol. The maximum absolute atomic E-state index is 11.7. The van der Waals surface area contributed by atoms with Crippen LogP contribution in [0.4, 0.5) is 0 Å². The molecule has 0 spiro atoms. The molecule has 0 aromatic heterocycles. The third kappa shape index (κ3) is 3.35. The van der Waals surface area contributed by atoms with Crippen molar-refractivity contribution in [2.75, 3.05) is 13.1 Å². The highest BCUT2D eigenvalue weighted by Gasteiger charge is 2.40. The Hall–Kier alpha value is -0.910. The lowest BCUT2D eigenvalue weighted by Gasteiger charge is -2.25. The molecule has 19 heavy (non-hydrogen) atoms. The molecule has 104 valence electrons. The number of rotatable bonds is 4. The normalized spacial score (nSPS) is 23.2. The highest BCUT2D eigenvalue weighted by Crippen LogP contribution is 2.25. The molecule has 1 aliphatic rings. The first kappa shape index (κ1) is 14.5. The predicted octanol–water partition coefficient (Wildman–Crippen LogP) is 1.60. The zero-order valence-electron chi connectivity index (χ0n) is 11.1. The van der Waals surface area contributed by atoms with Crippen LogP contribution in [-0.4, -0.2) is 30.1 Å². The van der Waals surface area contributed by atoms with Gasteiger partial charge in [0, 0.05) is 23.0 Å². The summed E-state index contributed by atoms with van der Waals surface area (Å²) in [6.07, 6.45) is -0.614. The van der Waals surface area contributed by atoms with Gasteiger partial charge in [-0.1, -0.05) is 41.9 Å². The van der Waals surface area contributed by atoms with Crippen LogP contribution >= 0.6 is 15.9 Å². The summed E-state index contributed by atoms with van der Waals surface area (Å²) < 4.78 is 0.979. The summed E-state index contributed by atoms with van der Waals surface area (Å²) in [5.41, 5.74) is 0.711. The molecule has 0 aliphatic carbocycles. The first-order chi connectivity index (χ1) is 8.90. The van der Waals surface area contributed by atoms with Crippen molar-refractivity contribution in [2.45, 2.75) is 26.0 Å². The van der Waals surface area contributed by atoms with Crippen molar-refractivity contribution in [1.82, 2.24) is 10.6 Å². The minimum absolute atomic E-state index is 0.00741. The maximum atomic E-state index is 11.7. The van der Waals surface area contributed by atoms with Gasteiger partial charge in [-0.25, -0.2) is 0 Å². The summed E-state index contributed by atoms with van der Waals surface area (Å²) in [4.78, 5) is 11.7. The Morgan fingerprint density at radius 3 is 2.63 bits per heavy atom. The van der Waals surface area contributed by atoms with Gasteiger partial charge in [-0.05, 0) is 17.7 Å². The number of hydrogen-bond acceptors (Lipinski definition) is 3. The number of nitrogens with one attached hydrogen (secondary N) is 2. The predicted molar refractivity (Wildman–Crippen MR) is 77.7 cm³/mol. The molecule has 0 radical (unpaired) electrons. The summed E-state index contributed by atoms with van der Waals surface area (Å²) in [5, 5.41) is 16.1. The van der Waals surface area contributed by atoms with Crippen molar-refractivity contribution >= 4 is 21.8 Å². The van der Waals surface area contributed by atoms with Crippen LogP contribution in [0, 0.1) is 5.41 Å². The zero-order chi connectivity index (χ0) is 14.0. The summed E-state index contributed by atoms with van der Waals surface area (Å²) in [7, 11) is 0. The monoisotopic (exact) mass is 326 g/mol. The van der Waals surface area contributed by atoms with E-state index < -0.39 is 6.10 Å². The Morgan fingerprint density at radius 2 is 2.11 bits per heavy atom. The van der Waals surface area contributed by atoms with Gasteiger partial charge in [-0.15, -0.1) is 0 Å². The summed E-state index contributed by atoms with van der Waals surface area (Å²) >= 11 is 3.36. The van der Waals surface area contributed by atoms with Crippen LogP contribution in [0.3, 0.4) is 0 Å². The molecule has 1 aliphatic heterocycles. The number of halogens is 1. The third-order valence-corrected chi connectivity index (χ3v) is 4.06. The van der Waals surface area contributed by atoms with Crippen molar-refractivity contribution in [3.63, 3.8) is 0 Å². The van der Waals surface area contributed by atoms with Crippen molar-refractivity contribution in [3.05, 3.63) is 34.3 Å². The maximum Gasteiger partial charge on any atom is 0.237 e. The molecule has 4 nitrogen and oxygen atoms in total. The van der Waals surface area contributed by atoms with Gasteiger partial charge in [0.25, 0.3) is 0 Å². The first-order valence-electron chi connectivity index (χ1n) is 6.35. The van der Waals surface area contributed by atoms with Crippen LogP contribution in [0.5, 0.6) is 0 Å². The summed E-state index contributed by atoms with van der Waals surface area (Å²) in [6.45, 7) is 5.10. The van der Waals surface area contributed by atoms with Gasteiger partial charge in [-0.2, -0.15) is 0 Å². The smallest absolute Gasteiger partial charge is 0.237 e. The van der Waals surface area contributed by atoms with Gasteiger partial charge in [0.05, 0.1) is 12.1 Å². The lowest BCUT2D eigenvalue weighted by molar-refractivity contribution is -0.121. The molecule has 3 N–H and O–H groups in total. The summed E-state index contributed by atoms with van der Waals surface area (Å²) in [6, 6.07) is 7.28. The van der Waals surface area contributed by atoms with E-state index >= 15 is 0 Å². The van der Waals surface area contributed by atoms with E-state index in [0.29, 0.717) is 13.1 Å². The average molecular weight is 327 g/mol. The van der Waals surface area contributed by atoms with E-state index in [1.807, 2.05) is 38.1 Å². The number of aliphatic hydroxyl groups is 1. The van der Waals surface area contributed by atoms with Gasteiger partial charge in [-0.3, -0.25) is 4.79 Å². The quantitative estimate of drug-likeness (QED) is 0.787. The molecule has 0 bridgehead atoms. The topological polar surface area (TPSA) is 61.4 Å². The van der Waals surface area contributed by atoms with Crippen LogP contribution in [-0.2, 0) is 4.79 Å². The fourth-order valence-corrected chi connectivity index (χ4v) is 2.54. The van der Waals surface area contributed by atoms with Crippen molar-refractivity contribution in [3.8, 4) is 0 Å². The molecule has 1 unspecified atom stereocenters. The lowest BCUT2D eigenvalue weighted by Crippen LogP contribution is -2.45. The van der Waals surface area contributed by atoms with Gasteiger partial charge < -0.3 is 15.7 Å². The standard InChI is InChI=1S/C14H19BrN2O2/c1-14(2)8-17-13(19)12(14)16-7-11(18)9-3-5-10(15)6-4-9/h3-6,11-12,16,18H,7-8H2,1-2H3,(H,17,19)/t11-,12?/m0/s1. The largest absolute Gasteiger partial charge is 0.387 e. The Bertz CT molecular complexity index is 459. The SMILES string of the molecule is CC1(C)CNC(=O)C1NC[C@H](O)c1ccc(Br)cc1. The lowest BCUT2D eigenvalue weighted by atomic mass is 9.87. The van der Waals surface area contributed by atoms with Crippen molar-refractivity contribution in [2.24, 2.45) is 5.41 Å². The van der Waals surface area contributed by atoms with E-state index in [4.69, 9.17) is 0 Å². The number of carbonyl (C=O) groups is 1. The molecule has 1 aromatic carbocycles. The molecule has 2 atom stereocenters. The number of aliphatic hydroxyl groups excluding tert-OH is 1. The van der Waals surface area contributed by atoms with E-state index in [9.17, 15) is 9.90 Å². The Morgan fingerprint density at radius 1 is 1.47 bits per heavy atom. The molecule has 1 fully saturated rings. The fraction of sp³-hybridized carbons (Fsp3) is 0.500. The molecule has 1 heterocycles. The van der Waals surface area contributed by atoms with Gasteiger partial charge in [0.15, 0.2) is 0 Å². The second-order valence-electron chi connectivity index (χ2n) is 5.61.